The molecule has 2 heterocycles. The Labute approximate surface area is 153 Å². The van der Waals surface area contributed by atoms with E-state index in [0.29, 0.717) is 13.0 Å². The standard InChI is InChI=1S/C18H18ClF2N3O2/c1-3-10(25)24-8(2)14(19)12-11(9-5-4-6-23-7-9)15(20)16(21)13(17(12)24)18(22)26/h3,9,23H,1,4-7H2,2H3,(H2,22,26). The molecule has 1 unspecified atom stereocenters. The number of fused-ring (bicyclic) bond motifs is 1. The van der Waals surface area contributed by atoms with Gasteiger partial charge in [-0.15, -0.1) is 0 Å². The van der Waals surface area contributed by atoms with Gasteiger partial charge in [0, 0.05) is 29.1 Å². The number of carbonyl (C=O) groups excluding carboxylic acids is 2. The topological polar surface area (TPSA) is 77.1 Å². The molecule has 5 nitrogen and oxygen atoms in total. The van der Waals surface area contributed by atoms with Crippen molar-refractivity contribution in [2.75, 3.05) is 13.1 Å². The van der Waals surface area contributed by atoms with Gasteiger partial charge in [-0.3, -0.25) is 14.2 Å². The molecule has 1 aromatic heterocycles. The molecule has 2 aromatic rings. The largest absolute Gasteiger partial charge is 0.365 e. The number of benzene rings is 1. The number of carbonyl (C=O) groups is 2. The monoisotopic (exact) mass is 381 g/mol. The van der Waals surface area contributed by atoms with E-state index in [1.54, 1.807) is 0 Å². The van der Waals surface area contributed by atoms with Gasteiger partial charge in [0.2, 0.25) is 0 Å². The Bertz CT molecular complexity index is 946. The summed E-state index contributed by atoms with van der Waals surface area (Å²) >= 11 is 6.40. The van der Waals surface area contributed by atoms with Crippen LogP contribution in [-0.2, 0) is 0 Å². The molecular formula is C18H18ClF2N3O2. The number of halogens is 3. The fourth-order valence-electron chi connectivity index (χ4n) is 3.66. The lowest BCUT2D eigenvalue weighted by Gasteiger charge is -2.25. The van der Waals surface area contributed by atoms with Crippen LogP contribution in [0, 0.1) is 18.6 Å². The summed E-state index contributed by atoms with van der Waals surface area (Å²) in [6, 6.07) is 0. The number of nitrogens with two attached hydrogens (primary N) is 1. The molecule has 0 spiro atoms. The van der Waals surface area contributed by atoms with Crippen molar-refractivity contribution in [1.82, 2.24) is 9.88 Å². The van der Waals surface area contributed by atoms with Crippen LogP contribution >= 0.6 is 11.6 Å². The summed E-state index contributed by atoms with van der Waals surface area (Å²) in [6.45, 7) is 6.17. The summed E-state index contributed by atoms with van der Waals surface area (Å²) in [5.74, 6) is -4.63. The maximum Gasteiger partial charge on any atom is 0.254 e. The predicted molar refractivity (Wildman–Crippen MR) is 95.8 cm³/mol. The lowest BCUT2D eigenvalue weighted by atomic mass is 9.87. The number of piperidine rings is 1. The second kappa shape index (κ2) is 6.81. The molecule has 3 N–H and O–H groups in total. The second-order valence-electron chi connectivity index (χ2n) is 6.32. The number of aromatic nitrogens is 1. The Balaban J connectivity index is 2.52. The third kappa shape index (κ3) is 2.62. The summed E-state index contributed by atoms with van der Waals surface area (Å²) in [6.07, 6.45) is 2.43. The van der Waals surface area contributed by atoms with Crippen molar-refractivity contribution in [2.45, 2.75) is 25.7 Å². The van der Waals surface area contributed by atoms with E-state index in [-0.39, 0.29) is 33.1 Å². The van der Waals surface area contributed by atoms with Gasteiger partial charge >= 0.3 is 0 Å². The van der Waals surface area contributed by atoms with Gasteiger partial charge in [0.05, 0.1) is 10.5 Å². The lowest BCUT2D eigenvalue weighted by molar-refractivity contribution is 0.0972. The van der Waals surface area contributed by atoms with Crippen molar-refractivity contribution in [3.05, 3.63) is 46.1 Å². The number of nitrogens with one attached hydrogen (secondary N) is 1. The van der Waals surface area contributed by atoms with Crippen LogP contribution in [0.15, 0.2) is 12.7 Å². The van der Waals surface area contributed by atoms with Gasteiger partial charge in [-0.2, -0.15) is 0 Å². The molecule has 1 aliphatic rings. The van der Waals surface area contributed by atoms with Crippen molar-refractivity contribution >= 4 is 34.3 Å². The molecule has 0 radical (unpaired) electrons. The predicted octanol–water partition coefficient (Wildman–Crippen LogP) is 3.27. The normalized spacial score (nSPS) is 17.5. The van der Waals surface area contributed by atoms with Crippen molar-refractivity contribution < 1.29 is 18.4 Å². The Hall–Kier alpha value is -2.25. The first kappa shape index (κ1) is 18.5. The molecule has 1 saturated heterocycles. The van der Waals surface area contributed by atoms with Gasteiger partial charge in [0.15, 0.2) is 11.6 Å². The second-order valence-corrected chi connectivity index (χ2v) is 6.70. The molecule has 1 amide bonds. The third-order valence-electron chi connectivity index (χ3n) is 4.83. The summed E-state index contributed by atoms with van der Waals surface area (Å²) < 4.78 is 30.8. The molecule has 3 rings (SSSR count). The molecule has 1 aromatic carbocycles. The number of amides is 1. The van der Waals surface area contributed by atoms with Crippen LogP contribution in [0.4, 0.5) is 8.78 Å². The van der Waals surface area contributed by atoms with E-state index in [0.717, 1.165) is 23.6 Å². The summed E-state index contributed by atoms with van der Waals surface area (Å²) in [5, 5.41) is 3.39. The van der Waals surface area contributed by atoms with E-state index in [1.807, 2.05) is 0 Å². The van der Waals surface area contributed by atoms with Gasteiger partial charge in [0.1, 0.15) is 5.56 Å². The number of hydrogen-bond acceptors (Lipinski definition) is 3. The van der Waals surface area contributed by atoms with Crippen LogP contribution in [0.1, 0.15) is 45.2 Å². The molecule has 8 heteroatoms. The van der Waals surface area contributed by atoms with E-state index in [4.69, 9.17) is 17.3 Å². The van der Waals surface area contributed by atoms with Crippen molar-refractivity contribution in [3.8, 4) is 0 Å². The zero-order valence-corrected chi connectivity index (χ0v) is 14.9. The Morgan fingerprint density at radius 3 is 2.62 bits per heavy atom. The molecular weight excluding hydrogens is 364 g/mol. The van der Waals surface area contributed by atoms with Crippen LogP contribution in [0.5, 0.6) is 0 Å². The molecule has 0 aliphatic carbocycles. The summed E-state index contributed by atoms with van der Waals surface area (Å²) in [7, 11) is 0. The summed E-state index contributed by atoms with van der Waals surface area (Å²) in [5.41, 5.74) is 4.84. The molecule has 0 bridgehead atoms. The zero-order chi connectivity index (χ0) is 19.2. The molecule has 0 saturated carbocycles. The van der Waals surface area contributed by atoms with E-state index >= 15 is 0 Å². The zero-order valence-electron chi connectivity index (χ0n) is 14.2. The van der Waals surface area contributed by atoms with E-state index < -0.39 is 29.0 Å². The highest BCUT2D eigenvalue weighted by Gasteiger charge is 2.33. The van der Waals surface area contributed by atoms with Crippen LogP contribution in [0.3, 0.4) is 0 Å². The highest BCUT2D eigenvalue weighted by Crippen LogP contribution is 2.42. The van der Waals surface area contributed by atoms with Crippen LogP contribution in [0.2, 0.25) is 5.02 Å². The molecule has 1 atom stereocenters. The molecule has 26 heavy (non-hydrogen) atoms. The first-order valence-electron chi connectivity index (χ1n) is 8.19. The van der Waals surface area contributed by atoms with Crippen LogP contribution in [-0.4, -0.2) is 29.5 Å². The Morgan fingerprint density at radius 1 is 1.38 bits per heavy atom. The smallest absolute Gasteiger partial charge is 0.254 e. The highest BCUT2D eigenvalue weighted by molar-refractivity contribution is 6.38. The van der Waals surface area contributed by atoms with Crippen molar-refractivity contribution in [1.29, 1.82) is 0 Å². The first-order chi connectivity index (χ1) is 12.3. The highest BCUT2D eigenvalue weighted by atomic mass is 35.5. The van der Waals surface area contributed by atoms with E-state index in [2.05, 4.69) is 11.9 Å². The minimum atomic E-state index is -1.36. The van der Waals surface area contributed by atoms with Gasteiger partial charge in [-0.05, 0) is 32.4 Å². The van der Waals surface area contributed by atoms with E-state index in [1.165, 1.54) is 6.92 Å². The quantitative estimate of drug-likeness (QED) is 0.801. The van der Waals surface area contributed by atoms with Crippen molar-refractivity contribution in [3.63, 3.8) is 0 Å². The average molecular weight is 382 g/mol. The number of rotatable bonds is 3. The van der Waals surface area contributed by atoms with E-state index in [9.17, 15) is 18.4 Å². The van der Waals surface area contributed by atoms with Crippen molar-refractivity contribution in [2.24, 2.45) is 5.73 Å². The third-order valence-corrected chi connectivity index (χ3v) is 5.30. The minimum absolute atomic E-state index is 0.0680. The number of nitrogens with zero attached hydrogens (tertiary/aromatic N) is 1. The van der Waals surface area contributed by atoms with Gasteiger partial charge in [0.25, 0.3) is 11.8 Å². The summed E-state index contributed by atoms with van der Waals surface area (Å²) in [4.78, 5) is 24.2. The maximum absolute atomic E-state index is 15.0. The lowest BCUT2D eigenvalue weighted by Crippen LogP contribution is -2.29. The number of primary amides is 1. The van der Waals surface area contributed by atoms with Gasteiger partial charge in [-0.25, -0.2) is 8.78 Å². The van der Waals surface area contributed by atoms with Crippen LogP contribution < -0.4 is 11.1 Å². The van der Waals surface area contributed by atoms with Crippen LogP contribution in [0.25, 0.3) is 10.9 Å². The molecule has 138 valence electrons. The maximum atomic E-state index is 15.0. The SMILES string of the molecule is C=CC(=O)n1c(C)c(Cl)c2c(C3CCCNC3)c(F)c(F)c(C(N)=O)c21. The Kier molecular flexibility index (Phi) is 4.86. The number of hydrogen-bond donors (Lipinski definition) is 2. The van der Waals surface area contributed by atoms with Gasteiger partial charge < -0.3 is 11.1 Å². The molecule has 1 fully saturated rings. The fourth-order valence-corrected chi connectivity index (χ4v) is 3.94. The fraction of sp³-hybridized carbons (Fsp3) is 0.333. The first-order valence-corrected chi connectivity index (χ1v) is 8.57. The van der Waals surface area contributed by atoms with Gasteiger partial charge in [-0.1, -0.05) is 18.2 Å². The Morgan fingerprint density at radius 2 is 2.08 bits per heavy atom. The molecule has 1 aliphatic heterocycles. The number of allylic oxidation sites excluding steroid dienone is 1. The minimum Gasteiger partial charge on any atom is -0.365 e. The average Bonchev–Trinajstić information content (AvgIpc) is 2.87.